The van der Waals surface area contributed by atoms with Gasteiger partial charge in [0, 0.05) is 19.2 Å². The van der Waals surface area contributed by atoms with E-state index in [1.165, 1.54) is 5.56 Å². The minimum atomic E-state index is -0.0801. The van der Waals surface area contributed by atoms with Gasteiger partial charge in [-0.25, -0.2) is 0 Å². The second-order valence-corrected chi connectivity index (χ2v) is 5.58. The van der Waals surface area contributed by atoms with Crippen molar-refractivity contribution in [3.05, 3.63) is 35.4 Å². The van der Waals surface area contributed by atoms with Crippen LogP contribution in [0.2, 0.25) is 0 Å². The van der Waals surface area contributed by atoms with Crippen molar-refractivity contribution in [3.8, 4) is 0 Å². The van der Waals surface area contributed by atoms with Gasteiger partial charge in [-0.3, -0.25) is 4.79 Å². The molecule has 0 aromatic heterocycles. The van der Waals surface area contributed by atoms with Gasteiger partial charge in [0.15, 0.2) is 0 Å². The van der Waals surface area contributed by atoms with Crippen LogP contribution in [-0.4, -0.2) is 30.7 Å². The first-order chi connectivity index (χ1) is 9.69. The molecule has 1 saturated carbocycles. The van der Waals surface area contributed by atoms with Crippen LogP contribution in [0.1, 0.15) is 41.6 Å². The van der Waals surface area contributed by atoms with E-state index in [0.29, 0.717) is 11.5 Å². The fourth-order valence-electron chi connectivity index (χ4n) is 2.69. The molecule has 0 heterocycles. The van der Waals surface area contributed by atoms with E-state index < -0.39 is 0 Å². The van der Waals surface area contributed by atoms with E-state index in [1.54, 1.807) is 7.05 Å². The fraction of sp³-hybridized carbons (Fsp3) is 0.562. The van der Waals surface area contributed by atoms with Crippen LogP contribution in [0.3, 0.4) is 0 Å². The summed E-state index contributed by atoms with van der Waals surface area (Å²) in [6.45, 7) is 1.83. The Bertz CT molecular complexity index is 423. The van der Waals surface area contributed by atoms with Crippen LogP contribution in [0.25, 0.3) is 0 Å². The van der Waals surface area contributed by atoms with Crippen molar-refractivity contribution >= 4 is 5.91 Å². The Hall–Kier alpha value is -1.39. The van der Waals surface area contributed by atoms with Gasteiger partial charge in [-0.05, 0) is 55.8 Å². The van der Waals surface area contributed by atoms with E-state index >= 15 is 0 Å². The normalized spacial score (nSPS) is 22.5. The molecule has 4 nitrogen and oxygen atoms in total. The van der Waals surface area contributed by atoms with E-state index in [4.69, 9.17) is 0 Å². The summed E-state index contributed by atoms with van der Waals surface area (Å²) in [5, 5.41) is 15.6. The van der Waals surface area contributed by atoms with Gasteiger partial charge in [0.2, 0.25) is 0 Å². The molecule has 4 heteroatoms. The zero-order valence-corrected chi connectivity index (χ0v) is 12.1. The Balaban J connectivity index is 1.73. The van der Waals surface area contributed by atoms with Gasteiger partial charge in [0.1, 0.15) is 0 Å². The average molecular weight is 276 g/mol. The third-order valence-electron chi connectivity index (χ3n) is 4.02. The molecule has 0 saturated heterocycles. The molecule has 0 radical (unpaired) electrons. The maximum absolute atomic E-state index is 11.4. The highest BCUT2D eigenvalue weighted by atomic mass is 16.3. The van der Waals surface area contributed by atoms with Crippen LogP contribution in [-0.2, 0) is 6.54 Å². The van der Waals surface area contributed by atoms with Gasteiger partial charge < -0.3 is 15.7 Å². The third kappa shape index (κ3) is 4.32. The molecular formula is C16H24N2O2. The highest BCUT2D eigenvalue weighted by Gasteiger charge is 2.18. The van der Waals surface area contributed by atoms with Crippen molar-refractivity contribution in [2.75, 3.05) is 13.6 Å². The SMILES string of the molecule is CNC(=O)c1ccc(CNCC2CCC(O)CC2)cc1. The molecule has 0 atom stereocenters. The number of rotatable bonds is 5. The van der Waals surface area contributed by atoms with Crippen molar-refractivity contribution < 1.29 is 9.90 Å². The number of aliphatic hydroxyl groups is 1. The van der Waals surface area contributed by atoms with Crippen LogP contribution in [0.15, 0.2) is 24.3 Å². The van der Waals surface area contributed by atoms with Crippen LogP contribution < -0.4 is 10.6 Å². The lowest BCUT2D eigenvalue weighted by Crippen LogP contribution is -2.27. The molecule has 0 unspecified atom stereocenters. The number of hydrogen-bond acceptors (Lipinski definition) is 3. The molecule has 20 heavy (non-hydrogen) atoms. The van der Waals surface area contributed by atoms with Crippen molar-refractivity contribution in [1.82, 2.24) is 10.6 Å². The summed E-state index contributed by atoms with van der Waals surface area (Å²) in [6, 6.07) is 7.68. The molecule has 0 spiro atoms. The Morgan fingerprint density at radius 2 is 1.85 bits per heavy atom. The summed E-state index contributed by atoms with van der Waals surface area (Å²) in [5.41, 5.74) is 1.88. The summed E-state index contributed by atoms with van der Waals surface area (Å²) in [6.07, 6.45) is 4.02. The first-order valence-electron chi connectivity index (χ1n) is 7.39. The molecule has 3 N–H and O–H groups in total. The zero-order chi connectivity index (χ0) is 14.4. The van der Waals surface area contributed by atoms with Crippen molar-refractivity contribution in [1.29, 1.82) is 0 Å². The van der Waals surface area contributed by atoms with Crippen LogP contribution in [0, 0.1) is 5.92 Å². The standard InChI is InChI=1S/C16H24N2O2/c1-17-16(20)14-6-2-12(3-7-14)10-18-11-13-4-8-15(19)9-5-13/h2-3,6-7,13,15,18-19H,4-5,8-11H2,1H3,(H,17,20). The largest absolute Gasteiger partial charge is 0.393 e. The maximum Gasteiger partial charge on any atom is 0.251 e. The average Bonchev–Trinajstić information content (AvgIpc) is 2.49. The molecule has 1 aromatic carbocycles. The minimum Gasteiger partial charge on any atom is -0.393 e. The monoisotopic (exact) mass is 276 g/mol. The number of carbonyl (C=O) groups excluding carboxylic acids is 1. The predicted octanol–water partition coefficient (Wildman–Crippen LogP) is 1.69. The molecule has 1 aromatic rings. The Kier molecular flexibility index (Phi) is 5.56. The van der Waals surface area contributed by atoms with E-state index in [0.717, 1.165) is 38.8 Å². The highest BCUT2D eigenvalue weighted by molar-refractivity contribution is 5.93. The number of carbonyl (C=O) groups is 1. The molecule has 1 aliphatic carbocycles. The van der Waals surface area contributed by atoms with Gasteiger partial charge >= 0.3 is 0 Å². The predicted molar refractivity (Wildman–Crippen MR) is 79.5 cm³/mol. The number of aliphatic hydroxyl groups excluding tert-OH is 1. The first kappa shape index (κ1) is 15.0. The van der Waals surface area contributed by atoms with Crippen LogP contribution in [0.5, 0.6) is 0 Å². The minimum absolute atomic E-state index is 0.0507. The Morgan fingerprint density at radius 3 is 2.45 bits per heavy atom. The zero-order valence-electron chi connectivity index (χ0n) is 12.1. The summed E-state index contributed by atoms with van der Waals surface area (Å²) < 4.78 is 0. The summed E-state index contributed by atoms with van der Waals surface area (Å²) in [7, 11) is 1.64. The Labute approximate surface area is 120 Å². The molecule has 2 rings (SSSR count). The number of amides is 1. The number of benzene rings is 1. The second-order valence-electron chi connectivity index (χ2n) is 5.58. The lowest BCUT2D eigenvalue weighted by molar-refractivity contribution is 0.0963. The van der Waals surface area contributed by atoms with Gasteiger partial charge in [-0.1, -0.05) is 12.1 Å². The smallest absolute Gasteiger partial charge is 0.251 e. The van der Waals surface area contributed by atoms with Crippen LogP contribution >= 0.6 is 0 Å². The summed E-state index contributed by atoms with van der Waals surface area (Å²) in [5.74, 6) is 0.633. The number of hydrogen-bond donors (Lipinski definition) is 3. The van der Waals surface area contributed by atoms with Crippen molar-refractivity contribution in [3.63, 3.8) is 0 Å². The van der Waals surface area contributed by atoms with Crippen molar-refractivity contribution in [2.24, 2.45) is 5.92 Å². The van der Waals surface area contributed by atoms with E-state index in [2.05, 4.69) is 10.6 Å². The van der Waals surface area contributed by atoms with Crippen molar-refractivity contribution in [2.45, 2.75) is 38.3 Å². The van der Waals surface area contributed by atoms with Gasteiger partial charge in [-0.2, -0.15) is 0 Å². The lowest BCUT2D eigenvalue weighted by atomic mass is 9.87. The summed E-state index contributed by atoms with van der Waals surface area (Å²) in [4.78, 5) is 11.4. The highest BCUT2D eigenvalue weighted by Crippen LogP contribution is 2.23. The molecule has 110 valence electrons. The molecule has 0 bridgehead atoms. The molecule has 1 amide bonds. The molecular weight excluding hydrogens is 252 g/mol. The topological polar surface area (TPSA) is 61.4 Å². The van der Waals surface area contributed by atoms with Crippen LogP contribution in [0.4, 0.5) is 0 Å². The number of nitrogens with one attached hydrogen (secondary N) is 2. The second kappa shape index (κ2) is 7.41. The molecule has 0 aliphatic heterocycles. The third-order valence-corrected chi connectivity index (χ3v) is 4.02. The van der Waals surface area contributed by atoms with Gasteiger partial charge in [-0.15, -0.1) is 0 Å². The Morgan fingerprint density at radius 1 is 1.20 bits per heavy atom. The summed E-state index contributed by atoms with van der Waals surface area (Å²) >= 11 is 0. The van der Waals surface area contributed by atoms with E-state index in [1.807, 2.05) is 24.3 Å². The van der Waals surface area contributed by atoms with Gasteiger partial charge in [0.25, 0.3) is 5.91 Å². The first-order valence-corrected chi connectivity index (χ1v) is 7.39. The lowest BCUT2D eigenvalue weighted by Gasteiger charge is -2.25. The van der Waals surface area contributed by atoms with Gasteiger partial charge in [0.05, 0.1) is 6.10 Å². The van der Waals surface area contributed by atoms with E-state index in [-0.39, 0.29) is 12.0 Å². The quantitative estimate of drug-likeness (QED) is 0.767. The maximum atomic E-state index is 11.4. The molecule has 1 aliphatic rings. The van der Waals surface area contributed by atoms with E-state index in [9.17, 15) is 9.90 Å². The molecule has 1 fully saturated rings. The fourth-order valence-corrected chi connectivity index (χ4v) is 2.69.